The van der Waals surface area contributed by atoms with Gasteiger partial charge in [-0.2, -0.15) is 0 Å². The molecule has 2 heteroatoms. The maximum atomic E-state index is 5.29. The largest absolute Gasteiger partial charge is 0.313 e. The van der Waals surface area contributed by atoms with E-state index in [0.29, 0.717) is 6.04 Å². The van der Waals surface area contributed by atoms with E-state index in [0.717, 1.165) is 25.8 Å². The average molecular weight is 202 g/mol. The van der Waals surface area contributed by atoms with Gasteiger partial charge in [-0.1, -0.05) is 13.0 Å². The van der Waals surface area contributed by atoms with Crippen LogP contribution in [-0.2, 0) is 6.42 Å². The van der Waals surface area contributed by atoms with Gasteiger partial charge in [-0.3, -0.25) is 4.98 Å². The predicted molar refractivity (Wildman–Crippen MR) is 63.5 cm³/mol. The molecule has 0 radical (unpaired) electrons. The van der Waals surface area contributed by atoms with Crippen molar-refractivity contribution in [3.05, 3.63) is 30.1 Å². The highest BCUT2D eigenvalue weighted by molar-refractivity contribution is 5.08. The summed E-state index contributed by atoms with van der Waals surface area (Å²) in [5, 5.41) is 3.45. The normalized spacial score (nSPS) is 12.0. The summed E-state index contributed by atoms with van der Waals surface area (Å²) in [6.45, 7) is 3.12. The fourth-order valence-electron chi connectivity index (χ4n) is 1.47. The fraction of sp³-hybridized carbons (Fsp3) is 0.462. The van der Waals surface area contributed by atoms with E-state index in [1.54, 1.807) is 6.20 Å². The summed E-state index contributed by atoms with van der Waals surface area (Å²) in [6, 6.07) is 4.51. The van der Waals surface area contributed by atoms with Gasteiger partial charge in [-0.15, -0.1) is 12.3 Å². The molecule has 0 aliphatic heterocycles. The second-order valence-corrected chi connectivity index (χ2v) is 3.58. The summed E-state index contributed by atoms with van der Waals surface area (Å²) in [7, 11) is 0. The van der Waals surface area contributed by atoms with Crippen LogP contribution in [0.4, 0.5) is 0 Å². The Labute approximate surface area is 92.1 Å². The van der Waals surface area contributed by atoms with Crippen molar-refractivity contribution in [3.8, 4) is 12.3 Å². The Bertz CT molecular complexity index is 300. The van der Waals surface area contributed by atoms with Crippen LogP contribution in [0.2, 0.25) is 0 Å². The van der Waals surface area contributed by atoms with E-state index < -0.39 is 0 Å². The van der Waals surface area contributed by atoms with Crippen LogP contribution >= 0.6 is 0 Å². The zero-order chi connectivity index (χ0) is 10.9. The van der Waals surface area contributed by atoms with Gasteiger partial charge in [0.2, 0.25) is 0 Å². The second kappa shape index (κ2) is 7.03. The van der Waals surface area contributed by atoms with E-state index in [9.17, 15) is 0 Å². The lowest BCUT2D eigenvalue weighted by Gasteiger charge is -2.13. The Hall–Kier alpha value is -1.33. The molecule has 0 aliphatic carbocycles. The number of hydrogen-bond donors (Lipinski definition) is 1. The van der Waals surface area contributed by atoms with Crippen molar-refractivity contribution >= 4 is 0 Å². The first-order chi connectivity index (χ1) is 7.36. The third-order valence-corrected chi connectivity index (χ3v) is 2.43. The predicted octanol–water partition coefficient (Wildman–Crippen LogP) is 2.02. The van der Waals surface area contributed by atoms with Gasteiger partial charge in [-0.05, 0) is 31.0 Å². The van der Waals surface area contributed by atoms with Crippen molar-refractivity contribution in [3.63, 3.8) is 0 Å². The van der Waals surface area contributed by atoms with E-state index in [-0.39, 0.29) is 0 Å². The molecular weight excluding hydrogens is 184 g/mol. The van der Waals surface area contributed by atoms with Crippen LogP contribution < -0.4 is 5.32 Å². The van der Waals surface area contributed by atoms with Crippen molar-refractivity contribution in [2.24, 2.45) is 0 Å². The van der Waals surface area contributed by atoms with Crippen molar-refractivity contribution in [1.82, 2.24) is 10.3 Å². The molecule has 0 bridgehead atoms. The van der Waals surface area contributed by atoms with Crippen LogP contribution in [0.3, 0.4) is 0 Å². The molecule has 80 valence electrons. The molecule has 0 saturated heterocycles. The lowest BCUT2D eigenvalue weighted by molar-refractivity contribution is 0.510. The molecule has 0 amide bonds. The Kier molecular flexibility index (Phi) is 5.50. The van der Waals surface area contributed by atoms with Crippen LogP contribution in [-0.4, -0.2) is 17.6 Å². The molecular formula is C13H18N2. The molecule has 1 rings (SSSR count). The standard InChI is InChI=1S/C13H18N2/c1-3-6-13(4-2)15-10-8-12-7-5-9-14-11-12/h1,5,7,9,11,13,15H,4,6,8,10H2,2H3. The monoisotopic (exact) mass is 202 g/mol. The van der Waals surface area contributed by atoms with Gasteiger partial charge in [0.25, 0.3) is 0 Å². The van der Waals surface area contributed by atoms with E-state index in [1.807, 2.05) is 12.3 Å². The number of terminal acetylenes is 1. The molecule has 0 saturated carbocycles. The highest BCUT2D eigenvalue weighted by Crippen LogP contribution is 1.99. The van der Waals surface area contributed by atoms with Crippen LogP contribution in [0.25, 0.3) is 0 Å². The lowest BCUT2D eigenvalue weighted by atomic mass is 10.1. The number of rotatable bonds is 6. The Balaban J connectivity index is 2.24. The summed E-state index contributed by atoms with van der Waals surface area (Å²) in [5.74, 6) is 2.69. The van der Waals surface area contributed by atoms with Gasteiger partial charge in [-0.25, -0.2) is 0 Å². The highest BCUT2D eigenvalue weighted by atomic mass is 14.9. The molecule has 0 aliphatic rings. The summed E-state index contributed by atoms with van der Waals surface area (Å²) < 4.78 is 0. The minimum Gasteiger partial charge on any atom is -0.313 e. The van der Waals surface area contributed by atoms with Crippen LogP contribution in [0.5, 0.6) is 0 Å². The molecule has 15 heavy (non-hydrogen) atoms. The van der Waals surface area contributed by atoms with E-state index in [1.165, 1.54) is 5.56 Å². The first-order valence-electron chi connectivity index (χ1n) is 5.42. The first kappa shape index (κ1) is 11.7. The molecule has 1 atom stereocenters. The van der Waals surface area contributed by atoms with Crippen LogP contribution in [0.1, 0.15) is 25.3 Å². The molecule has 1 aromatic rings. The van der Waals surface area contributed by atoms with Crippen LogP contribution in [0, 0.1) is 12.3 Å². The van der Waals surface area contributed by atoms with Crippen molar-refractivity contribution in [2.75, 3.05) is 6.54 Å². The first-order valence-corrected chi connectivity index (χ1v) is 5.42. The quantitative estimate of drug-likeness (QED) is 0.714. The second-order valence-electron chi connectivity index (χ2n) is 3.58. The molecule has 1 aromatic heterocycles. The van der Waals surface area contributed by atoms with Gasteiger partial charge in [0.15, 0.2) is 0 Å². The fourth-order valence-corrected chi connectivity index (χ4v) is 1.47. The van der Waals surface area contributed by atoms with E-state index in [4.69, 9.17) is 6.42 Å². The lowest BCUT2D eigenvalue weighted by Crippen LogP contribution is -2.29. The number of nitrogens with zero attached hydrogens (tertiary/aromatic N) is 1. The van der Waals surface area contributed by atoms with Gasteiger partial charge in [0.05, 0.1) is 0 Å². The molecule has 2 nitrogen and oxygen atoms in total. The SMILES string of the molecule is C#CCC(CC)NCCc1cccnc1. The topological polar surface area (TPSA) is 24.9 Å². The minimum absolute atomic E-state index is 0.451. The molecule has 0 spiro atoms. The maximum Gasteiger partial charge on any atom is 0.0300 e. The van der Waals surface area contributed by atoms with Gasteiger partial charge < -0.3 is 5.32 Å². The maximum absolute atomic E-state index is 5.29. The molecule has 1 N–H and O–H groups in total. The summed E-state index contributed by atoms with van der Waals surface area (Å²) >= 11 is 0. The summed E-state index contributed by atoms with van der Waals surface area (Å²) in [6.07, 6.45) is 11.9. The highest BCUT2D eigenvalue weighted by Gasteiger charge is 2.02. The Morgan fingerprint density at radius 1 is 1.60 bits per heavy atom. The zero-order valence-corrected chi connectivity index (χ0v) is 9.24. The average Bonchev–Trinajstić information content (AvgIpc) is 2.29. The minimum atomic E-state index is 0.451. The summed E-state index contributed by atoms with van der Waals surface area (Å²) in [4.78, 5) is 4.08. The number of nitrogens with one attached hydrogen (secondary N) is 1. The molecule has 1 unspecified atom stereocenters. The summed E-state index contributed by atoms with van der Waals surface area (Å²) in [5.41, 5.74) is 1.26. The molecule has 0 fully saturated rings. The van der Waals surface area contributed by atoms with Crippen molar-refractivity contribution in [2.45, 2.75) is 32.2 Å². The smallest absolute Gasteiger partial charge is 0.0300 e. The molecule has 0 aromatic carbocycles. The van der Waals surface area contributed by atoms with Gasteiger partial charge in [0, 0.05) is 24.9 Å². The number of aromatic nitrogens is 1. The number of pyridine rings is 1. The van der Waals surface area contributed by atoms with Gasteiger partial charge >= 0.3 is 0 Å². The van der Waals surface area contributed by atoms with Crippen LogP contribution in [0.15, 0.2) is 24.5 Å². The Morgan fingerprint density at radius 2 is 2.47 bits per heavy atom. The third-order valence-electron chi connectivity index (χ3n) is 2.43. The molecule has 1 heterocycles. The number of hydrogen-bond acceptors (Lipinski definition) is 2. The van der Waals surface area contributed by atoms with E-state index in [2.05, 4.69) is 29.2 Å². The third kappa shape index (κ3) is 4.62. The van der Waals surface area contributed by atoms with Crippen molar-refractivity contribution in [1.29, 1.82) is 0 Å². The van der Waals surface area contributed by atoms with Gasteiger partial charge in [0.1, 0.15) is 0 Å². The van der Waals surface area contributed by atoms with E-state index >= 15 is 0 Å². The Morgan fingerprint density at radius 3 is 3.07 bits per heavy atom. The van der Waals surface area contributed by atoms with Crippen molar-refractivity contribution < 1.29 is 0 Å². The zero-order valence-electron chi connectivity index (χ0n) is 9.24.